The van der Waals surface area contributed by atoms with Crippen LogP contribution in [0.15, 0.2) is 24.3 Å². The summed E-state index contributed by atoms with van der Waals surface area (Å²) in [4.78, 5) is 10.9. The Labute approximate surface area is 69.3 Å². The van der Waals surface area contributed by atoms with Gasteiger partial charge >= 0.3 is 0 Å². The van der Waals surface area contributed by atoms with Crippen molar-refractivity contribution in [2.75, 3.05) is 5.17 Å². The highest BCUT2D eigenvalue weighted by atomic mass is 16.5. The van der Waals surface area contributed by atoms with Crippen molar-refractivity contribution in [2.45, 2.75) is 6.42 Å². The fourth-order valence-electron chi connectivity index (χ4n) is 1.26. The molecule has 0 radical (unpaired) electrons. The maximum absolute atomic E-state index is 10.9. The van der Waals surface area contributed by atoms with Crippen molar-refractivity contribution in [2.24, 2.45) is 0 Å². The number of benzene rings is 1. The van der Waals surface area contributed by atoms with Crippen LogP contribution in [0.3, 0.4) is 0 Å². The van der Waals surface area contributed by atoms with Crippen molar-refractivity contribution < 1.29 is 10.0 Å². The van der Waals surface area contributed by atoms with E-state index >= 15 is 0 Å². The molecular formula is C8H8N2O2. The van der Waals surface area contributed by atoms with Gasteiger partial charge in [-0.25, -0.2) is 5.43 Å². The van der Waals surface area contributed by atoms with Gasteiger partial charge in [0.2, 0.25) is 5.91 Å². The van der Waals surface area contributed by atoms with Gasteiger partial charge in [-0.2, -0.15) is 5.17 Å². The lowest BCUT2D eigenvalue weighted by molar-refractivity contribution is -0.122. The van der Waals surface area contributed by atoms with Crippen LogP contribution in [0.4, 0.5) is 5.69 Å². The smallest absolute Gasteiger partial charge is 0.244 e. The molecule has 0 saturated carbocycles. The van der Waals surface area contributed by atoms with Crippen LogP contribution in [-0.4, -0.2) is 11.1 Å². The molecule has 1 aliphatic heterocycles. The number of para-hydroxylation sites is 1. The van der Waals surface area contributed by atoms with E-state index in [4.69, 9.17) is 0 Å². The second-order valence-electron chi connectivity index (χ2n) is 2.65. The van der Waals surface area contributed by atoms with Gasteiger partial charge < -0.3 is 0 Å². The molecule has 1 aromatic carbocycles. The van der Waals surface area contributed by atoms with E-state index in [0.29, 0.717) is 12.1 Å². The molecule has 1 amide bonds. The van der Waals surface area contributed by atoms with Crippen molar-refractivity contribution in [3.8, 4) is 0 Å². The van der Waals surface area contributed by atoms with Gasteiger partial charge in [0.1, 0.15) is 0 Å². The summed E-state index contributed by atoms with van der Waals surface area (Å²) in [5.41, 5.74) is 3.76. The fraction of sp³-hybridized carbons (Fsp3) is 0.125. The Morgan fingerprint density at radius 1 is 1.42 bits per heavy atom. The number of nitrogens with one attached hydrogen (secondary N) is 1. The molecule has 4 heteroatoms. The minimum absolute atomic E-state index is 0.198. The highest BCUT2D eigenvalue weighted by Crippen LogP contribution is 2.20. The van der Waals surface area contributed by atoms with E-state index in [1.807, 2.05) is 12.1 Å². The minimum Gasteiger partial charge on any atom is -0.273 e. The summed E-state index contributed by atoms with van der Waals surface area (Å²) in [6, 6.07) is 7.21. The van der Waals surface area contributed by atoms with E-state index in [2.05, 4.69) is 5.43 Å². The zero-order valence-electron chi connectivity index (χ0n) is 6.32. The van der Waals surface area contributed by atoms with Gasteiger partial charge in [0, 0.05) is 0 Å². The molecule has 1 heterocycles. The number of nitrogens with zero attached hydrogens (tertiary/aromatic N) is 1. The molecule has 62 valence electrons. The predicted octanol–water partition coefficient (Wildman–Crippen LogP) is 0.470. The molecule has 1 aromatic rings. The van der Waals surface area contributed by atoms with Crippen LogP contribution >= 0.6 is 0 Å². The molecule has 2 N–H and O–H groups in total. The van der Waals surface area contributed by atoms with Crippen LogP contribution in [0.5, 0.6) is 0 Å². The molecule has 2 rings (SSSR count). The Bertz CT molecular complexity index is 325. The van der Waals surface area contributed by atoms with Crippen LogP contribution in [0, 0.1) is 0 Å². The summed E-state index contributed by atoms with van der Waals surface area (Å²) in [5.74, 6) is -0.198. The predicted molar refractivity (Wildman–Crippen MR) is 42.6 cm³/mol. The topological polar surface area (TPSA) is 52.6 Å². The molecule has 0 saturated heterocycles. The van der Waals surface area contributed by atoms with Crippen molar-refractivity contribution >= 4 is 11.6 Å². The summed E-state index contributed by atoms with van der Waals surface area (Å²) >= 11 is 0. The molecule has 0 unspecified atom stereocenters. The monoisotopic (exact) mass is 164 g/mol. The third-order valence-electron chi connectivity index (χ3n) is 1.80. The van der Waals surface area contributed by atoms with Gasteiger partial charge in [-0.1, -0.05) is 18.2 Å². The van der Waals surface area contributed by atoms with Crippen molar-refractivity contribution in [3.05, 3.63) is 29.8 Å². The van der Waals surface area contributed by atoms with Crippen LogP contribution < -0.4 is 10.6 Å². The van der Waals surface area contributed by atoms with E-state index in [1.54, 1.807) is 12.1 Å². The number of hydrazine groups is 1. The minimum atomic E-state index is -0.198. The summed E-state index contributed by atoms with van der Waals surface area (Å²) in [5, 5.41) is 9.98. The molecule has 4 nitrogen and oxygen atoms in total. The van der Waals surface area contributed by atoms with Gasteiger partial charge in [0.05, 0.1) is 12.1 Å². The molecule has 0 spiro atoms. The Balaban J connectivity index is 2.47. The standard InChI is InChI=1S/C8H8N2O2/c11-8-5-6-3-1-2-4-7(6)10(12)9-8/h1-4,12H,5H2,(H,9,11). The summed E-state index contributed by atoms with van der Waals surface area (Å²) in [6.45, 7) is 0. The van der Waals surface area contributed by atoms with Crippen molar-refractivity contribution in [3.63, 3.8) is 0 Å². The summed E-state index contributed by atoms with van der Waals surface area (Å²) in [7, 11) is 0. The molecule has 0 atom stereocenters. The summed E-state index contributed by atoms with van der Waals surface area (Å²) < 4.78 is 0. The maximum atomic E-state index is 10.9. The first-order valence-corrected chi connectivity index (χ1v) is 3.64. The highest BCUT2D eigenvalue weighted by Gasteiger charge is 2.19. The molecular weight excluding hydrogens is 156 g/mol. The second kappa shape index (κ2) is 2.49. The van der Waals surface area contributed by atoms with E-state index in [1.165, 1.54) is 0 Å². The quantitative estimate of drug-likeness (QED) is 0.586. The zero-order chi connectivity index (χ0) is 8.55. The first kappa shape index (κ1) is 7.12. The lowest BCUT2D eigenvalue weighted by Crippen LogP contribution is -2.44. The van der Waals surface area contributed by atoms with Gasteiger partial charge in [-0.05, 0) is 11.6 Å². The fourth-order valence-corrected chi connectivity index (χ4v) is 1.26. The van der Waals surface area contributed by atoms with Crippen LogP contribution in [0.2, 0.25) is 0 Å². The lowest BCUT2D eigenvalue weighted by Gasteiger charge is -2.24. The highest BCUT2D eigenvalue weighted by molar-refractivity contribution is 5.84. The maximum Gasteiger partial charge on any atom is 0.244 e. The number of rotatable bonds is 0. The SMILES string of the molecule is O=C1Cc2ccccc2N(O)N1. The number of carbonyl (C=O) groups is 1. The zero-order valence-corrected chi connectivity index (χ0v) is 6.32. The second-order valence-corrected chi connectivity index (χ2v) is 2.65. The largest absolute Gasteiger partial charge is 0.273 e. The lowest BCUT2D eigenvalue weighted by atomic mass is 10.1. The first-order chi connectivity index (χ1) is 5.77. The molecule has 0 bridgehead atoms. The molecule has 12 heavy (non-hydrogen) atoms. The number of carbonyl (C=O) groups excluding carboxylic acids is 1. The number of hydrogen-bond acceptors (Lipinski definition) is 3. The number of amides is 1. The van der Waals surface area contributed by atoms with Gasteiger partial charge in [0.15, 0.2) is 0 Å². The van der Waals surface area contributed by atoms with E-state index < -0.39 is 0 Å². The van der Waals surface area contributed by atoms with Crippen molar-refractivity contribution in [1.29, 1.82) is 0 Å². The van der Waals surface area contributed by atoms with Gasteiger partial charge in [-0.3, -0.25) is 10.0 Å². The molecule has 1 aliphatic rings. The van der Waals surface area contributed by atoms with Crippen molar-refractivity contribution in [1.82, 2.24) is 5.43 Å². The van der Waals surface area contributed by atoms with E-state index in [0.717, 1.165) is 10.7 Å². The molecule has 0 aliphatic carbocycles. The number of fused-ring (bicyclic) bond motifs is 1. The van der Waals surface area contributed by atoms with Crippen LogP contribution in [0.1, 0.15) is 5.56 Å². The summed E-state index contributed by atoms with van der Waals surface area (Å²) in [6.07, 6.45) is 0.327. The Morgan fingerprint density at radius 3 is 3.00 bits per heavy atom. The average Bonchev–Trinajstić information content (AvgIpc) is 2.04. The average molecular weight is 164 g/mol. The first-order valence-electron chi connectivity index (χ1n) is 3.64. The van der Waals surface area contributed by atoms with Gasteiger partial charge in [-0.15, -0.1) is 0 Å². The van der Waals surface area contributed by atoms with Crippen LogP contribution in [-0.2, 0) is 11.2 Å². The Morgan fingerprint density at radius 2 is 2.17 bits per heavy atom. The van der Waals surface area contributed by atoms with E-state index in [-0.39, 0.29) is 5.91 Å². The van der Waals surface area contributed by atoms with Gasteiger partial charge in [0.25, 0.3) is 0 Å². The normalized spacial score (nSPS) is 15.4. The Hall–Kier alpha value is -1.55. The Kier molecular flexibility index (Phi) is 1.48. The van der Waals surface area contributed by atoms with E-state index in [9.17, 15) is 10.0 Å². The third-order valence-corrected chi connectivity index (χ3v) is 1.80. The molecule has 0 aromatic heterocycles. The number of anilines is 1. The van der Waals surface area contributed by atoms with Crippen LogP contribution in [0.25, 0.3) is 0 Å². The number of hydrogen-bond donors (Lipinski definition) is 2. The molecule has 0 fully saturated rings. The third kappa shape index (κ3) is 1.02.